The number of aryl methyl sites for hydroxylation is 2. The Labute approximate surface area is 101 Å². The topological polar surface area (TPSA) is 47.8 Å². The molecular formula is C11H10BrN3O. The van der Waals surface area contributed by atoms with Gasteiger partial charge in [0.2, 0.25) is 5.78 Å². The number of hydrogen-bond acceptors (Lipinski definition) is 3. The molecule has 0 N–H and O–H groups in total. The molecule has 0 amide bonds. The van der Waals surface area contributed by atoms with Crippen molar-refractivity contribution in [2.24, 2.45) is 7.05 Å². The number of nitrogens with zero attached hydrogens (tertiary/aromatic N) is 3. The molecule has 82 valence electrons. The second kappa shape index (κ2) is 4.17. The molecular weight excluding hydrogens is 270 g/mol. The maximum atomic E-state index is 12.2. The third-order valence-electron chi connectivity index (χ3n) is 2.39. The molecule has 0 unspecified atom stereocenters. The van der Waals surface area contributed by atoms with Gasteiger partial charge in [0.05, 0.1) is 10.7 Å². The molecule has 0 bridgehead atoms. The molecule has 16 heavy (non-hydrogen) atoms. The predicted molar refractivity (Wildman–Crippen MR) is 63.3 cm³/mol. The minimum absolute atomic E-state index is 0.0718. The summed E-state index contributed by atoms with van der Waals surface area (Å²) >= 11 is 3.31. The standard InChI is InChI=1S/C11H10BrN3O/c1-7-3-4-13-5-8(7)11(16)10-9(12)6-14-15(10)2/h3-6H,1-2H3. The van der Waals surface area contributed by atoms with Crippen molar-refractivity contribution < 1.29 is 4.79 Å². The number of hydrogen-bond donors (Lipinski definition) is 0. The maximum Gasteiger partial charge on any atom is 0.213 e. The van der Waals surface area contributed by atoms with Crippen LogP contribution >= 0.6 is 15.9 Å². The zero-order valence-corrected chi connectivity index (χ0v) is 10.5. The predicted octanol–water partition coefficient (Wildman–Crippen LogP) is 2.12. The largest absolute Gasteiger partial charge is 0.287 e. The van der Waals surface area contributed by atoms with Crippen LogP contribution < -0.4 is 0 Å². The number of carbonyl (C=O) groups is 1. The fourth-order valence-corrected chi connectivity index (χ4v) is 2.02. The van der Waals surface area contributed by atoms with E-state index in [0.29, 0.717) is 15.7 Å². The summed E-state index contributed by atoms with van der Waals surface area (Å²) in [6, 6.07) is 1.82. The molecule has 2 aromatic rings. The molecule has 0 aromatic carbocycles. The SMILES string of the molecule is Cc1ccncc1C(=O)c1c(Br)cnn1C. The summed E-state index contributed by atoms with van der Waals surface area (Å²) in [7, 11) is 1.74. The average molecular weight is 280 g/mol. The number of pyridine rings is 1. The lowest BCUT2D eigenvalue weighted by Crippen LogP contribution is -2.10. The van der Waals surface area contributed by atoms with Gasteiger partial charge in [-0.05, 0) is 34.5 Å². The lowest BCUT2D eigenvalue weighted by atomic mass is 10.1. The minimum atomic E-state index is -0.0718. The summed E-state index contributed by atoms with van der Waals surface area (Å²) in [6.07, 6.45) is 4.86. The molecule has 4 nitrogen and oxygen atoms in total. The van der Waals surface area contributed by atoms with Gasteiger partial charge in [0.1, 0.15) is 5.69 Å². The number of aromatic nitrogens is 3. The van der Waals surface area contributed by atoms with Gasteiger partial charge < -0.3 is 0 Å². The second-order valence-electron chi connectivity index (χ2n) is 3.48. The van der Waals surface area contributed by atoms with Crippen molar-refractivity contribution >= 4 is 21.7 Å². The number of carbonyl (C=O) groups excluding carboxylic acids is 1. The molecule has 0 atom stereocenters. The first kappa shape index (κ1) is 11.0. The summed E-state index contributed by atoms with van der Waals surface area (Å²) in [5.74, 6) is -0.0718. The van der Waals surface area contributed by atoms with Gasteiger partial charge >= 0.3 is 0 Å². The van der Waals surface area contributed by atoms with Crippen LogP contribution in [0.1, 0.15) is 21.6 Å². The molecule has 0 spiro atoms. The third kappa shape index (κ3) is 1.78. The van der Waals surface area contributed by atoms with Crippen molar-refractivity contribution in [3.63, 3.8) is 0 Å². The van der Waals surface area contributed by atoms with Gasteiger partial charge in [-0.2, -0.15) is 5.10 Å². The van der Waals surface area contributed by atoms with Gasteiger partial charge in [-0.1, -0.05) is 0 Å². The summed E-state index contributed by atoms with van der Waals surface area (Å²) in [6.45, 7) is 1.89. The van der Waals surface area contributed by atoms with E-state index in [4.69, 9.17) is 0 Å². The van der Waals surface area contributed by atoms with E-state index in [9.17, 15) is 4.79 Å². The average Bonchev–Trinajstić information content (AvgIpc) is 2.58. The van der Waals surface area contributed by atoms with Gasteiger partial charge in [-0.25, -0.2) is 0 Å². The minimum Gasteiger partial charge on any atom is -0.287 e. The van der Waals surface area contributed by atoms with E-state index < -0.39 is 0 Å². The number of halogens is 1. The van der Waals surface area contributed by atoms with Crippen LogP contribution in [-0.2, 0) is 7.05 Å². The Morgan fingerprint density at radius 1 is 1.44 bits per heavy atom. The Hall–Kier alpha value is -1.49. The Balaban J connectivity index is 2.52. The van der Waals surface area contributed by atoms with Gasteiger partial charge in [0, 0.05) is 25.0 Å². The fourth-order valence-electron chi connectivity index (χ4n) is 1.50. The summed E-state index contributed by atoms with van der Waals surface area (Å²) < 4.78 is 2.25. The second-order valence-corrected chi connectivity index (χ2v) is 4.34. The Bertz CT molecular complexity index is 528. The maximum absolute atomic E-state index is 12.2. The van der Waals surface area contributed by atoms with Gasteiger partial charge in [-0.3, -0.25) is 14.5 Å². The quantitative estimate of drug-likeness (QED) is 0.792. The van der Waals surface area contributed by atoms with Crippen LogP contribution in [0, 0.1) is 6.92 Å². The van der Waals surface area contributed by atoms with Crippen molar-refractivity contribution in [2.75, 3.05) is 0 Å². The summed E-state index contributed by atoms with van der Waals surface area (Å²) in [5, 5.41) is 4.02. The fraction of sp³-hybridized carbons (Fsp3) is 0.182. The Kier molecular flexibility index (Phi) is 2.87. The van der Waals surface area contributed by atoms with Gasteiger partial charge in [0.15, 0.2) is 0 Å². The van der Waals surface area contributed by atoms with E-state index in [1.807, 2.05) is 13.0 Å². The molecule has 2 aromatic heterocycles. The molecule has 0 fully saturated rings. The van der Waals surface area contributed by atoms with Crippen molar-refractivity contribution in [1.29, 1.82) is 0 Å². The van der Waals surface area contributed by atoms with Crippen molar-refractivity contribution in [2.45, 2.75) is 6.92 Å². The van der Waals surface area contributed by atoms with Crippen LogP contribution in [0.5, 0.6) is 0 Å². The highest BCUT2D eigenvalue weighted by Crippen LogP contribution is 2.20. The molecule has 2 heterocycles. The monoisotopic (exact) mass is 279 g/mol. The van der Waals surface area contributed by atoms with Crippen LogP contribution in [0.4, 0.5) is 0 Å². The highest BCUT2D eigenvalue weighted by atomic mass is 79.9. The summed E-state index contributed by atoms with van der Waals surface area (Å²) in [5.41, 5.74) is 2.05. The molecule has 5 heteroatoms. The van der Waals surface area contributed by atoms with E-state index in [-0.39, 0.29) is 5.78 Å². The van der Waals surface area contributed by atoms with E-state index in [0.717, 1.165) is 5.56 Å². The van der Waals surface area contributed by atoms with Crippen LogP contribution in [0.15, 0.2) is 29.1 Å². The van der Waals surface area contributed by atoms with E-state index in [1.54, 1.807) is 30.3 Å². The van der Waals surface area contributed by atoms with E-state index in [2.05, 4.69) is 26.0 Å². The highest BCUT2D eigenvalue weighted by molar-refractivity contribution is 9.10. The smallest absolute Gasteiger partial charge is 0.213 e. The molecule has 0 radical (unpaired) electrons. The normalized spacial score (nSPS) is 10.4. The number of ketones is 1. The Morgan fingerprint density at radius 2 is 2.19 bits per heavy atom. The Morgan fingerprint density at radius 3 is 2.75 bits per heavy atom. The molecule has 0 saturated carbocycles. The molecule has 0 aliphatic rings. The first-order valence-electron chi connectivity index (χ1n) is 4.74. The zero-order chi connectivity index (χ0) is 11.7. The van der Waals surface area contributed by atoms with Crippen LogP contribution in [0.25, 0.3) is 0 Å². The lowest BCUT2D eigenvalue weighted by Gasteiger charge is -2.04. The van der Waals surface area contributed by atoms with Crippen LogP contribution in [0.3, 0.4) is 0 Å². The summed E-state index contributed by atoms with van der Waals surface area (Å²) in [4.78, 5) is 16.2. The van der Waals surface area contributed by atoms with E-state index in [1.165, 1.54) is 0 Å². The van der Waals surface area contributed by atoms with Crippen LogP contribution in [0.2, 0.25) is 0 Å². The number of rotatable bonds is 2. The third-order valence-corrected chi connectivity index (χ3v) is 2.97. The molecule has 2 rings (SSSR count). The van der Waals surface area contributed by atoms with E-state index >= 15 is 0 Å². The van der Waals surface area contributed by atoms with Crippen LogP contribution in [-0.4, -0.2) is 20.5 Å². The first-order chi connectivity index (χ1) is 7.61. The lowest BCUT2D eigenvalue weighted by molar-refractivity contribution is 0.102. The molecule has 0 aliphatic heterocycles. The van der Waals surface area contributed by atoms with Crippen molar-refractivity contribution in [3.05, 3.63) is 46.0 Å². The van der Waals surface area contributed by atoms with Gasteiger partial charge in [0.25, 0.3) is 0 Å². The van der Waals surface area contributed by atoms with Crippen molar-refractivity contribution in [1.82, 2.24) is 14.8 Å². The zero-order valence-electron chi connectivity index (χ0n) is 8.94. The molecule has 0 saturated heterocycles. The van der Waals surface area contributed by atoms with Crippen molar-refractivity contribution in [3.8, 4) is 0 Å². The molecule has 0 aliphatic carbocycles. The highest BCUT2D eigenvalue weighted by Gasteiger charge is 2.18. The van der Waals surface area contributed by atoms with Gasteiger partial charge in [-0.15, -0.1) is 0 Å². The first-order valence-corrected chi connectivity index (χ1v) is 5.53.